The van der Waals surface area contributed by atoms with Gasteiger partial charge in [0.05, 0.1) is 12.2 Å². The van der Waals surface area contributed by atoms with Gasteiger partial charge in [0.15, 0.2) is 0 Å². The molecule has 0 radical (unpaired) electrons. The molecule has 0 spiro atoms. The van der Waals surface area contributed by atoms with Gasteiger partial charge in [0.1, 0.15) is 17.9 Å². The minimum atomic E-state index is -4.64. The van der Waals surface area contributed by atoms with Crippen LogP contribution in [0.25, 0.3) is 11.0 Å². The molecule has 0 saturated heterocycles. The summed E-state index contributed by atoms with van der Waals surface area (Å²) in [4.78, 5) is 11.1. The molecule has 1 aromatic carbocycles. The van der Waals surface area contributed by atoms with Crippen molar-refractivity contribution >= 4 is 11.0 Å². The van der Waals surface area contributed by atoms with E-state index in [2.05, 4.69) is 0 Å². The molecule has 1 N–H and O–H groups in total. The molecular formula is C12H9F3O4. The number of hydrogen-bond donors (Lipinski definition) is 1. The molecule has 0 atom stereocenters. The van der Waals surface area contributed by atoms with Crippen molar-refractivity contribution in [3.05, 3.63) is 40.2 Å². The first-order chi connectivity index (χ1) is 8.91. The van der Waals surface area contributed by atoms with Crippen molar-refractivity contribution in [2.24, 2.45) is 0 Å². The van der Waals surface area contributed by atoms with Crippen molar-refractivity contribution in [1.82, 2.24) is 0 Å². The monoisotopic (exact) mass is 274 g/mol. The van der Waals surface area contributed by atoms with Gasteiger partial charge < -0.3 is 14.3 Å². The maximum Gasteiger partial charge on any atom is 0.417 e. The van der Waals surface area contributed by atoms with Crippen molar-refractivity contribution in [3.63, 3.8) is 0 Å². The van der Waals surface area contributed by atoms with Gasteiger partial charge in [-0.2, -0.15) is 13.2 Å². The van der Waals surface area contributed by atoms with E-state index < -0.39 is 17.4 Å². The predicted molar refractivity (Wildman–Crippen MR) is 60.1 cm³/mol. The highest BCUT2D eigenvalue weighted by Crippen LogP contribution is 2.34. The second-order valence-corrected chi connectivity index (χ2v) is 3.71. The van der Waals surface area contributed by atoms with Gasteiger partial charge in [-0.25, -0.2) is 4.79 Å². The summed E-state index contributed by atoms with van der Waals surface area (Å²) in [5, 5.41) is 8.37. The molecule has 0 saturated carbocycles. The van der Waals surface area contributed by atoms with Crippen molar-refractivity contribution in [2.45, 2.75) is 6.18 Å². The number of alkyl halides is 3. The topological polar surface area (TPSA) is 59.7 Å². The molecule has 0 aliphatic rings. The van der Waals surface area contributed by atoms with Crippen LogP contribution in [0.5, 0.6) is 5.75 Å². The third kappa shape index (κ3) is 2.87. The van der Waals surface area contributed by atoms with E-state index in [1.54, 1.807) is 0 Å². The Hall–Kier alpha value is -2.02. The number of halogens is 3. The molecule has 2 aromatic rings. The number of rotatable bonds is 3. The zero-order valence-corrected chi connectivity index (χ0v) is 9.53. The van der Waals surface area contributed by atoms with Crippen LogP contribution in [0.4, 0.5) is 13.2 Å². The maximum atomic E-state index is 12.8. The maximum absolute atomic E-state index is 12.8. The molecule has 1 heterocycles. The number of fused-ring (bicyclic) bond motifs is 1. The Morgan fingerprint density at radius 2 is 2.00 bits per heavy atom. The third-order valence-electron chi connectivity index (χ3n) is 2.38. The molecule has 0 unspecified atom stereocenters. The molecule has 0 amide bonds. The average Bonchev–Trinajstić information content (AvgIpc) is 2.33. The summed E-state index contributed by atoms with van der Waals surface area (Å²) < 4.78 is 48.0. The van der Waals surface area contributed by atoms with Crippen LogP contribution in [0.3, 0.4) is 0 Å². The van der Waals surface area contributed by atoms with E-state index >= 15 is 0 Å². The van der Waals surface area contributed by atoms with E-state index in [0.29, 0.717) is 6.07 Å². The highest BCUT2D eigenvalue weighted by molar-refractivity contribution is 5.82. The first-order valence-electron chi connectivity index (χ1n) is 5.30. The highest BCUT2D eigenvalue weighted by atomic mass is 19.4. The molecule has 0 aliphatic carbocycles. The van der Waals surface area contributed by atoms with Gasteiger partial charge in [-0.1, -0.05) is 0 Å². The molecule has 0 fully saturated rings. The molecule has 4 nitrogen and oxygen atoms in total. The number of aliphatic hydroxyl groups is 1. The van der Waals surface area contributed by atoms with Crippen LogP contribution < -0.4 is 10.4 Å². The Kier molecular flexibility index (Phi) is 3.48. The summed E-state index contributed by atoms with van der Waals surface area (Å²) in [7, 11) is 0. The molecule has 102 valence electrons. The van der Waals surface area contributed by atoms with Crippen LogP contribution in [0, 0.1) is 0 Å². The van der Waals surface area contributed by atoms with Crippen molar-refractivity contribution in [3.8, 4) is 5.75 Å². The molecule has 0 aliphatic heterocycles. The number of benzene rings is 1. The number of aliphatic hydroxyl groups excluding tert-OH is 1. The standard InChI is InChI=1S/C12H9F3O4/c13-12(14,15)9-6-11(17)19-10-5-7(18-4-3-16)1-2-8(9)10/h1-2,5-6,16H,3-4H2. The van der Waals surface area contributed by atoms with Gasteiger partial charge >= 0.3 is 11.8 Å². The fraction of sp³-hybridized carbons (Fsp3) is 0.250. The zero-order valence-electron chi connectivity index (χ0n) is 9.53. The second kappa shape index (κ2) is 4.93. The second-order valence-electron chi connectivity index (χ2n) is 3.71. The Bertz CT molecular complexity index is 645. The van der Waals surface area contributed by atoms with E-state index in [4.69, 9.17) is 14.3 Å². The molecule has 19 heavy (non-hydrogen) atoms. The average molecular weight is 274 g/mol. The lowest BCUT2D eigenvalue weighted by atomic mass is 10.1. The summed E-state index contributed by atoms with van der Waals surface area (Å²) in [5.74, 6) is 0.212. The van der Waals surface area contributed by atoms with E-state index in [9.17, 15) is 18.0 Å². The van der Waals surface area contributed by atoms with Gasteiger partial charge in [0.25, 0.3) is 0 Å². The first kappa shape index (κ1) is 13.4. The summed E-state index contributed by atoms with van der Waals surface area (Å²) in [6.07, 6.45) is -4.64. The van der Waals surface area contributed by atoms with Crippen LogP contribution in [0.2, 0.25) is 0 Å². The van der Waals surface area contributed by atoms with Crippen LogP contribution in [-0.4, -0.2) is 18.3 Å². The molecular weight excluding hydrogens is 265 g/mol. The lowest BCUT2D eigenvalue weighted by Gasteiger charge is -2.10. The van der Waals surface area contributed by atoms with Crippen LogP contribution in [-0.2, 0) is 6.18 Å². The molecule has 7 heteroatoms. The van der Waals surface area contributed by atoms with Crippen molar-refractivity contribution in [1.29, 1.82) is 0 Å². The lowest BCUT2D eigenvalue weighted by molar-refractivity contribution is -0.136. The zero-order chi connectivity index (χ0) is 14.0. The Morgan fingerprint density at radius 3 is 2.63 bits per heavy atom. The Balaban J connectivity index is 2.58. The highest BCUT2D eigenvalue weighted by Gasteiger charge is 2.33. The van der Waals surface area contributed by atoms with E-state index in [0.717, 1.165) is 6.07 Å². The lowest BCUT2D eigenvalue weighted by Crippen LogP contribution is -2.11. The largest absolute Gasteiger partial charge is 0.491 e. The smallest absolute Gasteiger partial charge is 0.417 e. The van der Waals surface area contributed by atoms with Gasteiger partial charge in [0, 0.05) is 17.5 Å². The SMILES string of the molecule is O=c1cc(C(F)(F)F)c2ccc(OCCO)cc2o1. The van der Waals surface area contributed by atoms with Crippen LogP contribution in [0.1, 0.15) is 5.56 Å². The van der Waals surface area contributed by atoms with Gasteiger partial charge in [-0.05, 0) is 12.1 Å². The minimum absolute atomic E-state index is 0.00526. The summed E-state index contributed by atoms with van der Waals surface area (Å²) in [5.41, 5.74) is -2.35. The van der Waals surface area contributed by atoms with Crippen LogP contribution >= 0.6 is 0 Å². The first-order valence-corrected chi connectivity index (χ1v) is 5.30. The fourth-order valence-electron chi connectivity index (χ4n) is 1.63. The Labute approximate surface area is 105 Å². The van der Waals surface area contributed by atoms with E-state index in [1.807, 2.05) is 0 Å². The third-order valence-corrected chi connectivity index (χ3v) is 2.38. The Morgan fingerprint density at radius 1 is 1.26 bits per heavy atom. The van der Waals surface area contributed by atoms with Gasteiger partial charge in [-0.15, -0.1) is 0 Å². The molecule has 1 aromatic heterocycles. The summed E-state index contributed by atoms with van der Waals surface area (Å²) >= 11 is 0. The van der Waals surface area contributed by atoms with Gasteiger partial charge in [0.2, 0.25) is 0 Å². The van der Waals surface area contributed by atoms with E-state index in [-0.39, 0.29) is 29.9 Å². The quantitative estimate of drug-likeness (QED) is 0.871. The van der Waals surface area contributed by atoms with Gasteiger partial charge in [-0.3, -0.25) is 0 Å². The molecule has 2 rings (SSSR count). The normalized spacial score (nSPS) is 11.8. The predicted octanol–water partition coefficient (Wildman–Crippen LogP) is 2.18. The molecule has 0 bridgehead atoms. The fourth-order valence-corrected chi connectivity index (χ4v) is 1.63. The minimum Gasteiger partial charge on any atom is -0.491 e. The van der Waals surface area contributed by atoms with Crippen molar-refractivity contribution in [2.75, 3.05) is 13.2 Å². The van der Waals surface area contributed by atoms with Crippen LogP contribution in [0.15, 0.2) is 33.5 Å². The summed E-state index contributed by atoms with van der Waals surface area (Å²) in [6, 6.07) is 4.07. The van der Waals surface area contributed by atoms with Crippen molar-refractivity contribution < 1.29 is 27.4 Å². The summed E-state index contributed by atoms with van der Waals surface area (Å²) in [6.45, 7) is -0.237. The number of ether oxygens (including phenoxy) is 1. The van der Waals surface area contributed by atoms with E-state index in [1.165, 1.54) is 12.1 Å². The number of hydrogen-bond acceptors (Lipinski definition) is 4.